The number of carboxylic acids is 2. The Hall–Kier alpha value is -2.87. The third-order valence-electron chi connectivity index (χ3n) is 12.0. The Kier molecular flexibility index (Phi) is 11.8. The van der Waals surface area contributed by atoms with Crippen molar-refractivity contribution in [2.45, 2.75) is 121 Å². The van der Waals surface area contributed by atoms with E-state index in [9.17, 15) is 50.0 Å². The molecule has 14 nitrogen and oxygen atoms in total. The molecular weight excluding hydrogens is 588 g/mol. The van der Waals surface area contributed by atoms with Crippen LogP contribution in [0.5, 0.6) is 0 Å². The molecule has 4 aliphatic carbocycles. The van der Waals surface area contributed by atoms with E-state index in [2.05, 4.69) is 24.6 Å². The van der Waals surface area contributed by atoms with Crippen LogP contribution in [0.3, 0.4) is 0 Å². The number of carboxylic acid groups (broad SMARTS) is 2. The lowest BCUT2D eigenvalue weighted by molar-refractivity contribution is -0.529. The summed E-state index contributed by atoms with van der Waals surface area (Å²) in [6, 6.07) is -2.32. The fourth-order valence-corrected chi connectivity index (χ4v) is 9.49. The van der Waals surface area contributed by atoms with Crippen molar-refractivity contribution in [1.29, 1.82) is 0 Å². The number of aliphatic carboxylic acids is 2. The molecule has 0 aromatic carbocycles. The number of amides is 1. The van der Waals surface area contributed by atoms with E-state index in [4.69, 9.17) is 0 Å². The van der Waals surface area contributed by atoms with Crippen LogP contribution in [0.4, 0.5) is 0 Å². The van der Waals surface area contributed by atoms with Crippen molar-refractivity contribution in [2.24, 2.45) is 53.3 Å². The van der Waals surface area contributed by atoms with E-state index in [0.29, 0.717) is 11.8 Å². The Morgan fingerprint density at radius 1 is 0.711 bits per heavy atom. The van der Waals surface area contributed by atoms with Crippen LogP contribution in [-0.4, -0.2) is 67.3 Å². The van der Waals surface area contributed by atoms with Gasteiger partial charge in [-0.1, -0.05) is 20.3 Å². The summed E-state index contributed by atoms with van der Waals surface area (Å²) in [7, 11) is 0. The molecule has 0 radical (unpaired) electrons. The molecule has 4 saturated carbocycles. The molecule has 0 aromatic heterocycles. The topological polar surface area (TPSA) is 222 Å². The minimum Gasteiger partial charge on any atom is -0.481 e. The van der Waals surface area contributed by atoms with Crippen molar-refractivity contribution in [3.63, 3.8) is 0 Å². The zero-order chi connectivity index (χ0) is 33.0. The van der Waals surface area contributed by atoms with Gasteiger partial charge in [-0.3, -0.25) is 34.6 Å². The van der Waals surface area contributed by atoms with E-state index in [-0.39, 0.29) is 67.2 Å². The van der Waals surface area contributed by atoms with Crippen LogP contribution in [-0.2, 0) is 14.4 Å². The van der Waals surface area contributed by atoms with Crippen LogP contribution >= 0.6 is 0 Å². The summed E-state index contributed by atoms with van der Waals surface area (Å²) in [5.74, 6) is -4.19. The molecule has 45 heavy (non-hydrogen) atoms. The van der Waals surface area contributed by atoms with Gasteiger partial charge in [-0.15, -0.1) is 0 Å². The van der Waals surface area contributed by atoms with Gasteiger partial charge in [-0.05, 0) is 86.9 Å². The number of carbonyl (C=O) groups excluding carboxylic acids is 1. The van der Waals surface area contributed by atoms with Gasteiger partial charge in [0.2, 0.25) is 18.0 Å². The van der Waals surface area contributed by atoms with Crippen molar-refractivity contribution < 1.29 is 39.7 Å². The van der Waals surface area contributed by atoms with Gasteiger partial charge < -0.3 is 20.7 Å². The maximum Gasteiger partial charge on any atom is 0.307 e. The first-order valence-corrected chi connectivity index (χ1v) is 16.7. The average Bonchev–Trinajstić information content (AvgIpc) is 2.99. The monoisotopic (exact) mass is 638 g/mol. The Bertz CT molecular complexity index is 1110. The number of hydrogen-bond acceptors (Lipinski definition) is 9. The second-order valence-corrected chi connectivity index (χ2v) is 14.6. The number of rotatable bonds is 11. The summed E-state index contributed by atoms with van der Waals surface area (Å²) in [6.07, 6.45) is 7.10. The molecule has 14 heteroatoms. The predicted molar refractivity (Wildman–Crippen MR) is 160 cm³/mol. The van der Waals surface area contributed by atoms with Crippen LogP contribution in [0.1, 0.15) is 97.3 Å². The molecule has 0 bridgehead atoms. The first-order chi connectivity index (χ1) is 21.3. The zero-order valence-corrected chi connectivity index (χ0v) is 26.3. The fourth-order valence-electron chi connectivity index (χ4n) is 9.49. The second-order valence-electron chi connectivity index (χ2n) is 14.6. The van der Waals surface area contributed by atoms with Crippen molar-refractivity contribution in [2.75, 3.05) is 0 Å². The van der Waals surface area contributed by atoms with Crippen molar-refractivity contribution in [3.05, 3.63) is 20.2 Å². The molecule has 0 aliphatic heterocycles. The molecule has 0 spiro atoms. The van der Waals surface area contributed by atoms with E-state index >= 15 is 0 Å². The predicted octanol–water partition coefficient (Wildman–Crippen LogP) is 3.99. The first kappa shape index (κ1) is 35.0. The number of nitrogens with zero attached hydrogens (tertiary/aromatic N) is 2. The highest BCUT2D eigenvalue weighted by Gasteiger charge is 2.48. The standard InChI is InChI=1S/C31H50N4O10/c1-16-11-18(3-7-22(16)28(33-41)25-14-20(34(42)43)5-8-23(25)30(37)38)13-19-4-10-27(17(2)12-19)32-29(36)26-15-21(35(44)45)6-9-24(26)31(39)40/h16-28,33,41H,3-15H2,1-2H3,(H,32,36)(H,37,38)(H,39,40). The van der Waals surface area contributed by atoms with Gasteiger partial charge in [-0.2, -0.15) is 0 Å². The minimum absolute atomic E-state index is 0.0118. The number of hydroxylamine groups is 1. The van der Waals surface area contributed by atoms with E-state index in [1.165, 1.54) is 0 Å². The number of carbonyl (C=O) groups is 3. The molecule has 4 rings (SSSR count). The number of nitro groups is 2. The highest BCUT2D eigenvalue weighted by atomic mass is 16.6. The smallest absolute Gasteiger partial charge is 0.307 e. The van der Waals surface area contributed by atoms with Gasteiger partial charge >= 0.3 is 11.9 Å². The highest BCUT2D eigenvalue weighted by molar-refractivity contribution is 5.85. The molecule has 4 fully saturated rings. The molecule has 4 aliphatic rings. The molecule has 0 heterocycles. The number of hydrogen-bond donors (Lipinski definition) is 5. The number of nitrogens with one attached hydrogen (secondary N) is 2. The van der Waals surface area contributed by atoms with Crippen LogP contribution in [0, 0.1) is 73.5 Å². The van der Waals surface area contributed by atoms with Gasteiger partial charge in [0.1, 0.15) is 0 Å². The van der Waals surface area contributed by atoms with Gasteiger partial charge in [0.05, 0.1) is 17.8 Å². The molecule has 13 unspecified atom stereocenters. The lowest BCUT2D eigenvalue weighted by Crippen LogP contribution is -2.52. The summed E-state index contributed by atoms with van der Waals surface area (Å²) < 4.78 is 0. The third-order valence-corrected chi connectivity index (χ3v) is 12.0. The largest absolute Gasteiger partial charge is 0.481 e. The molecule has 0 saturated heterocycles. The summed E-state index contributed by atoms with van der Waals surface area (Å²) in [6.45, 7) is 4.21. The van der Waals surface area contributed by atoms with Gasteiger partial charge in [-0.25, -0.2) is 5.48 Å². The van der Waals surface area contributed by atoms with E-state index in [1.54, 1.807) is 0 Å². The van der Waals surface area contributed by atoms with Crippen LogP contribution in [0.2, 0.25) is 0 Å². The maximum absolute atomic E-state index is 13.2. The van der Waals surface area contributed by atoms with Crippen LogP contribution in [0.15, 0.2) is 0 Å². The van der Waals surface area contributed by atoms with Crippen LogP contribution in [0.25, 0.3) is 0 Å². The summed E-state index contributed by atoms with van der Waals surface area (Å²) in [5, 5.41) is 55.5. The molecule has 254 valence electrons. The molecule has 0 aromatic rings. The first-order valence-electron chi connectivity index (χ1n) is 16.7. The Morgan fingerprint density at radius 3 is 1.80 bits per heavy atom. The Labute approximate surface area is 263 Å². The van der Waals surface area contributed by atoms with Crippen molar-refractivity contribution in [1.82, 2.24) is 10.8 Å². The third kappa shape index (κ3) is 8.30. The molecule has 13 atom stereocenters. The quantitative estimate of drug-likeness (QED) is 0.161. The SMILES string of the molecule is CC1CC(CC2CCC(C(NO)C3CC([N+](=O)[O-])CCC3C(=O)O)C(C)C2)CCC1NC(=O)C1CC([N+](=O)[O-])CCC1C(=O)O. The normalized spacial score (nSPS) is 39.7. The van der Waals surface area contributed by atoms with Gasteiger partial charge in [0.15, 0.2) is 0 Å². The Morgan fingerprint density at radius 2 is 1.27 bits per heavy atom. The summed E-state index contributed by atoms with van der Waals surface area (Å²) in [4.78, 5) is 59.1. The highest BCUT2D eigenvalue weighted by Crippen LogP contribution is 2.45. The van der Waals surface area contributed by atoms with E-state index < -0.39 is 64.6 Å². The lowest BCUT2D eigenvalue weighted by atomic mass is 9.63. The van der Waals surface area contributed by atoms with E-state index in [1.807, 2.05) is 0 Å². The average molecular weight is 639 g/mol. The van der Waals surface area contributed by atoms with Gasteiger partial charge in [0, 0.05) is 47.6 Å². The Balaban J connectivity index is 1.29. The molecule has 5 N–H and O–H groups in total. The van der Waals surface area contributed by atoms with Gasteiger partial charge in [0.25, 0.3) is 0 Å². The van der Waals surface area contributed by atoms with Crippen LogP contribution < -0.4 is 10.8 Å². The van der Waals surface area contributed by atoms with E-state index in [0.717, 1.165) is 44.9 Å². The zero-order valence-electron chi connectivity index (χ0n) is 26.3. The van der Waals surface area contributed by atoms with Crippen molar-refractivity contribution in [3.8, 4) is 0 Å². The second kappa shape index (κ2) is 15.1. The fraction of sp³-hybridized carbons (Fsp3) is 0.903. The summed E-state index contributed by atoms with van der Waals surface area (Å²) in [5.41, 5.74) is 2.39. The molecular formula is C31H50N4O10. The maximum atomic E-state index is 13.2. The molecule has 1 amide bonds. The van der Waals surface area contributed by atoms with Crippen molar-refractivity contribution >= 4 is 17.8 Å². The minimum atomic E-state index is -1.08. The summed E-state index contributed by atoms with van der Waals surface area (Å²) >= 11 is 0. The lowest BCUT2D eigenvalue weighted by Gasteiger charge is -2.45.